The Labute approximate surface area is 106 Å². The first-order valence-electron chi connectivity index (χ1n) is 5.91. The van der Waals surface area contributed by atoms with Crippen LogP contribution in [0.15, 0.2) is 60.8 Å². The molecule has 0 bridgehead atoms. The van der Waals surface area contributed by atoms with E-state index < -0.39 is 0 Å². The van der Waals surface area contributed by atoms with E-state index in [1.165, 1.54) is 0 Å². The van der Waals surface area contributed by atoms with E-state index in [0.29, 0.717) is 6.54 Å². The lowest BCUT2D eigenvalue weighted by Crippen LogP contribution is -2.03. The van der Waals surface area contributed by atoms with Gasteiger partial charge >= 0.3 is 0 Å². The first-order chi connectivity index (χ1) is 8.92. The molecule has 0 atom stereocenters. The van der Waals surface area contributed by atoms with E-state index in [-0.39, 0.29) is 0 Å². The van der Waals surface area contributed by atoms with Crippen LogP contribution in [0.5, 0.6) is 0 Å². The highest BCUT2D eigenvalue weighted by molar-refractivity contribution is 5.77. The van der Waals surface area contributed by atoms with E-state index in [9.17, 15) is 0 Å². The Morgan fingerprint density at radius 2 is 1.67 bits per heavy atom. The lowest BCUT2D eigenvalue weighted by atomic mass is 10.2. The van der Waals surface area contributed by atoms with Crippen molar-refractivity contribution in [3.63, 3.8) is 0 Å². The van der Waals surface area contributed by atoms with Gasteiger partial charge in [-0.2, -0.15) is 0 Å². The van der Waals surface area contributed by atoms with Gasteiger partial charge in [0.1, 0.15) is 5.82 Å². The molecule has 0 aliphatic carbocycles. The van der Waals surface area contributed by atoms with Crippen LogP contribution in [0.3, 0.4) is 0 Å². The van der Waals surface area contributed by atoms with Crippen molar-refractivity contribution in [3.05, 3.63) is 66.6 Å². The van der Waals surface area contributed by atoms with Crippen LogP contribution in [-0.2, 0) is 6.54 Å². The number of hydrogen-bond acceptors (Lipinski definition) is 3. The third-order valence-corrected chi connectivity index (χ3v) is 2.76. The minimum atomic E-state index is 0.634. The second-order valence-electron chi connectivity index (χ2n) is 4.06. The zero-order chi connectivity index (χ0) is 12.2. The Morgan fingerprint density at radius 1 is 0.889 bits per heavy atom. The van der Waals surface area contributed by atoms with Crippen molar-refractivity contribution in [2.24, 2.45) is 0 Å². The molecule has 3 aromatic rings. The summed E-state index contributed by atoms with van der Waals surface area (Å²) in [5.41, 5.74) is 2.06. The van der Waals surface area contributed by atoms with Crippen LogP contribution < -0.4 is 5.32 Å². The molecule has 0 amide bonds. The summed E-state index contributed by atoms with van der Waals surface area (Å²) >= 11 is 0. The lowest BCUT2D eigenvalue weighted by Gasteiger charge is -2.05. The van der Waals surface area contributed by atoms with Gasteiger partial charge in [-0.1, -0.05) is 36.4 Å². The van der Waals surface area contributed by atoms with Gasteiger partial charge in [-0.05, 0) is 18.2 Å². The van der Waals surface area contributed by atoms with Crippen LogP contribution in [0.4, 0.5) is 5.69 Å². The normalized spacial score (nSPS) is 10.4. The minimum absolute atomic E-state index is 0.634. The monoisotopic (exact) mass is 235 g/mol. The maximum atomic E-state index is 4.52. The molecule has 18 heavy (non-hydrogen) atoms. The molecule has 0 aliphatic rings. The molecule has 0 radical (unpaired) electrons. The van der Waals surface area contributed by atoms with Gasteiger partial charge in [0, 0.05) is 17.3 Å². The summed E-state index contributed by atoms with van der Waals surface area (Å²) in [5, 5.41) is 4.37. The fraction of sp³-hybridized carbons (Fsp3) is 0.0667. The molecule has 0 saturated heterocycles. The van der Waals surface area contributed by atoms with Crippen LogP contribution in [0, 0.1) is 0 Å². The van der Waals surface area contributed by atoms with Crippen LogP contribution in [0.1, 0.15) is 5.82 Å². The van der Waals surface area contributed by atoms with E-state index in [4.69, 9.17) is 0 Å². The van der Waals surface area contributed by atoms with Gasteiger partial charge in [0.05, 0.1) is 12.1 Å². The Morgan fingerprint density at radius 3 is 2.56 bits per heavy atom. The topological polar surface area (TPSA) is 37.8 Å². The number of aromatic nitrogens is 2. The molecule has 0 fully saturated rings. The van der Waals surface area contributed by atoms with Gasteiger partial charge in [-0.3, -0.25) is 0 Å². The van der Waals surface area contributed by atoms with Gasteiger partial charge in [0.15, 0.2) is 0 Å². The molecule has 0 spiro atoms. The molecule has 3 nitrogen and oxygen atoms in total. The largest absolute Gasteiger partial charge is 0.378 e. The molecule has 0 unspecified atom stereocenters. The van der Waals surface area contributed by atoms with Crippen molar-refractivity contribution >= 4 is 16.6 Å². The van der Waals surface area contributed by atoms with Crippen molar-refractivity contribution in [1.29, 1.82) is 0 Å². The average molecular weight is 235 g/mol. The molecular formula is C15H13N3. The minimum Gasteiger partial charge on any atom is -0.378 e. The number of fused-ring (bicyclic) bond motifs is 1. The second-order valence-corrected chi connectivity index (χ2v) is 4.06. The van der Waals surface area contributed by atoms with E-state index in [1.807, 2.05) is 60.8 Å². The van der Waals surface area contributed by atoms with Gasteiger partial charge < -0.3 is 5.32 Å². The maximum absolute atomic E-state index is 4.52. The number of hydrogen-bond donors (Lipinski definition) is 1. The number of para-hydroxylation sites is 2. The molecule has 1 N–H and O–H groups in total. The quantitative estimate of drug-likeness (QED) is 0.757. The Balaban J connectivity index is 1.79. The molecule has 3 heteroatoms. The fourth-order valence-corrected chi connectivity index (χ4v) is 1.83. The Kier molecular flexibility index (Phi) is 2.88. The number of nitrogens with one attached hydrogen (secondary N) is 1. The average Bonchev–Trinajstić information content (AvgIpc) is 2.46. The van der Waals surface area contributed by atoms with E-state index >= 15 is 0 Å². The third kappa shape index (κ3) is 2.30. The smallest absolute Gasteiger partial charge is 0.147 e. The second kappa shape index (κ2) is 4.84. The summed E-state index contributed by atoms with van der Waals surface area (Å²) in [7, 11) is 0. The van der Waals surface area contributed by atoms with Gasteiger partial charge in [-0.15, -0.1) is 0 Å². The summed E-state index contributed by atoms with van der Waals surface area (Å²) in [6.07, 6.45) is 1.87. The van der Waals surface area contributed by atoms with Gasteiger partial charge in [0.2, 0.25) is 0 Å². The highest BCUT2D eigenvalue weighted by Gasteiger charge is 1.99. The molecule has 3 rings (SSSR count). The van der Waals surface area contributed by atoms with Crippen molar-refractivity contribution in [1.82, 2.24) is 9.97 Å². The van der Waals surface area contributed by atoms with Gasteiger partial charge in [0.25, 0.3) is 0 Å². The molecule has 88 valence electrons. The van der Waals surface area contributed by atoms with Crippen LogP contribution in [0.2, 0.25) is 0 Å². The zero-order valence-corrected chi connectivity index (χ0v) is 9.88. The number of nitrogens with zero attached hydrogens (tertiary/aromatic N) is 2. The zero-order valence-electron chi connectivity index (χ0n) is 9.88. The van der Waals surface area contributed by atoms with Crippen LogP contribution in [0.25, 0.3) is 10.9 Å². The number of anilines is 1. The van der Waals surface area contributed by atoms with Crippen molar-refractivity contribution in [2.75, 3.05) is 5.32 Å². The summed E-state index contributed by atoms with van der Waals surface area (Å²) in [6, 6.07) is 18.1. The highest BCUT2D eigenvalue weighted by Crippen LogP contribution is 2.11. The van der Waals surface area contributed by atoms with E-state index in [1.54, 1.807) is 0 Å². The SMILES string of the molecule is c1ccc(NCc2ncc3ccccc3n2)cc1. The standard InChI is InChI=1S/C15H13N3/c1-2-7-13(8-3-1)16-11-15-17-10-12-6-4-5-9-14(12)18-15/h1-10,16H,11H2. The predicted molar refractivity (Wildman–Crippen MR) is 73.3 cm³/mol. The molecule has 1 heterocycles. The van der Waals surface area contributed by atoms with E-state index in [0.717, 1.165) is 22.4 Å². The molecular weight excluding hydrogens is 222 g/mol. The van der Waals surface area contributed by atoms with Crippen molar-refractivity contribution in [2.45, 2.75) is 6.54 Å². The van der Waals surface area contributed by atoms with Crippen molar-refractivity contribution in [3.8, 4) is 0 Å². The Hall–Kier alpha value is -2.42. The summed E-state index contributed by atoms with van der Waals surface area (Å²) in [5.74, 6) is 0.803. The van der Waals surface area contributed by atoms with E-state index in [2.05, 4.69) is 15.3 Å². The van der Waals surface area contributed by atoms with Gasteiger partial charge in [-0.25, -0.2) is 9.97 Å². The third-order valence-electron chi connectivity index (χ3n) is 2.76. The summed E-state index contributed by atoms with van der Waals surface area (Å²) < 4.78 is 0. The van der Waals surface area contributed by atoms with Crippen molar-refractivity contribution < 1.29 is 0 Å². The molecule has 1 aromatic heterocycles. The number of rotatable bonds is 3. The first-order valence-corrected chi connectivity index (χ1v) is 5.91. The Bertz CT molecular complexity index is 650. The predicted octanol–water partition coefficient (Wildman–Crippen LogP) is 3.24. The molecule has 0 saturated carbocycles. The number of benzene rings is 2. The summed E-state index contributed by atoms with van der Waals surface area (Å²) in [6.45, 7) is 0.634. The van der Waals surface area contributed by atoms with Crippen LogP contribution >= 0.6 is 0 Å². The highest BCUT2D eigenvalue weighted by atomic mass is 15.0. The molecule has 0 aliphatic heterocycles. The fourth-order valence-electron chi connectivity index (χ4n) is 1.83. The maximum Gasteiger partial charge on any atom is 0.147 e. The molecule has 2 aromatic carbocycles. The first kappa shape index (κ1) is 10.7. The summed E-state index contributed by atoms with van der Waals surface area (Å²) in [4.78, 5) is 8.87. The van der Waals surface area contributed by atoms with Crippen LogP contribution in [-0.4, -0.2) is 9.97 Å². The lowest BCUT2D eigenvalue weighted by molar-refractivity contribution is 0.971.